The van der Waals surface area contributed by atoms with Gasteiger partial charge in [-0.2, -0.15) is 0 Å². The van der Waals surface area contributed by atoms with E-state index in [1.807, 2.05) is 0 Å². The average Bonchev–Trinajstić information content (AvgIpc) is 2.08. The third-order valence-electron chi connectivity index (χ3n) is 1.98. The molecule has 0 heterocycles. The van der Waals surface area contributed by atoms with Crippen molar-refractivity contribution < 1.29 is 46.7 Å². The molecule has 0 saturated heterocycles. The maximum Gasteiger partial charge on any atom is 1.00 e. The third kappa shape index (κ3) is 17.5. The molecule has 0 fully saturated rings. The molecule has 0 amide bonds. The molecule has 0 aliphatic rings. The van der Waals surface area contributed by atoms with Crippen LogP contribution in [-0.2, 0) is 14.6 Å². The van der Waals surface area contributed by atoms with Gasteiger partial charge in [0.2, 0.25) is 10.4 Å². The normalized spacial score (nSPS) is 11.1. The summed E-state index contributed by atoms with van der Waals surface area (Å²) in [5.74, 6) is 0. The molecule has 0 atom stereocenters. The minimum atomic E-state index is -4.48. The molecule has 0 N–H and O–H groups in total. The van der Waals surface area contributed by atoms with Crippen LogP contribution in [0, 0.1) is 0 Å². The molecular weight excluding hydrogens is 227 g/mol. The van der Waals surface area contributed by atoms with E-state index in [1.54, 1.807) is 0 Å². The van der Waals surface area contributed by atoms with E-state index in [-0.39, 0.29) is 36.2 Å². The summed E-state index contributed by atoms with van der Waals surface area (Å²) in [6.07, 6.45) is 7.55. The Morgan fingerprint density at radius 3 is 1.93 bits per heavy atom. The van der Waals surface area contributed by atoms with E-state index in [1.165, 1.54) is 25.7 Å². The first-order chi connectivity index (χ1) is 6.56. The van der Waals surface area contributed by atoms with Gasteiger partial charge in [-0.15, -0.1) is 0 Å². The number of hydrogen-bond acceptors (Lipinski definition) is 4. The molecule has 0 aromatic heterocycles. The first-order valence-corrected chi connectivity index (χ1v) is 6.50. The van der Waals surface area contributed by atoms with E-state index in [4.69, 9.17) is 0 Å². The first-order valence-electron chi connectivity index (χ1n) is 5.16. The Balaban J connectivity index is 0. The second-order valence-electron chi connectivity index (χ2n) is 3.35. The number of rotatable bonds is 9. The van der Waals surface area contributed by atoms with Gasteiger partial charge in [0.25, 0.3) is 0 Å². The van der Waals surface area contributed by atoms with Gasteiger partial charge in [-0.05, 0) is 6.42 Å². The standard InChI is InChI=1S/C9H20O4S.Na/c1-2-3-4-5-6-7-8-9-13-14(10,11)12;/h2-9H2,1H3,(H,10,11,12);/q;+1/p-1. The van der Waals surface area contributed by atoms with Crippen LogP contribution in [0.5, 0.6) is 0 Å². The van der Waals surface area contributed by atoms with Gasteiger partial charge in [-0.25, -0.2) is 8.42 Å². The molecule has 0 aliphatic heterocycles. The Morgan fingerprint density at radius 1 is 1.00 bits per heavy atom. The van der Waals surface area contributed by atoms with Crippen molar-refractivity contribution in [2.45, 2.75) is 51.9 Å². The molecule has 0 saturated carbocycles. The van der Waals surface area contributed by atoms with Crippen molar-refractivity contribution in [1.29, 1.82) is 0 Å². The summed E-state index contributed by atoms with van der Waals surface area (Å²) in [6.45, 7) is 2.19. The van der Waals surface area contributed by atoms with Crippen LogP contribution in [-0.4, -0.2) is 19.6 Å². The molecule has 0 spiro atoms. The molecule has 86 valence electrons. The third-order valence-corrected chi connectivity index (χ3v) is 2.43. The van der Waals surface area contributed by atoms with E-state index in [0.717, 1.165) is 12.8 Å². The summed E-state index contributed by atoms with van der Waals surface area (Å²) in [5, 5.41) is 0. The van der Waals surface area contributed by atoms with Gasteiger partial charge in [-0.3, -0.25) is 4.18 Å². The first kappa shape index (κ1) is 18.2. The van der Waals surface area contributed by atoms with Crippen molar-refractivity contribution in [2.75, 3.05) is 6.61 Å². The fourth-order valence-electron chi connectivity index (χ4n) is 1.22. The quantitative estimate of drug-likeness (QED) is 0.232. The summed E-state index contributed by atoms with van der Waals surface area (Å²) in [5.41, 5.74) is 0. The van der Waals surface area contributed by atoms with Crippen LogP contribution < -0.4 is 29.6 Å². The molecule has 6 heteroatoms. The van der Waals surface area contributed by atoms with Gasteiger partial charge < -0.3 is 4.55 Å². The van der Waals surface area contributed by atoms with Crippen molar-refractivity contribution >= 4 is 10.4 Å². The van der Waals surface area contributed by atoms with Crippen LogP contribution in [0.15, 0.2) is 0 Å². The van der Waals surface area contributed by atoms with Crippen molar-refractivity contribution in [2.24, 2.45) is 0 Å². The fourth-order valence-corrected chi connectivity index (χ4v) is 1.54. The van der Waals surface area contributed by atoms with Crippen LogP contribution in [0.3, 0.4) is 0 Å². The van der Waals surface area contributed by atoms with Gasteiger partial charge in [-0.1, -0.05) is 45.4 Å². The maximum atomic E-state index is 10.0. The monoisotopic (exact) mass is 246 g/mol. The van der Waals surface area contributed by atoms with Crippen LogP contribution in [0.25, 0.3) is 0 Å². The van der Waals surface area contributed by atoms with E-state index in [0.29, 0.717) is 6.42 Å². The van der Waals surface area contributed by atoms with Crippen molar-refractivity contribution in [3.8, 4) is 0 Å². The minimum absolute atomic E-state index is 0. The number of hydrogen-bond donors (Lipinski definition) is 0. The second kappa shape index (κ2) is 11.4. The summed E-state index contributed by atoms with van der Waals surface area (Å²) >= 11 is 0. The molecule has 0 aromatic carbocycles. The second-order valence-corrected chi connectivity index (χ2v) is 4.40. The van der Waals surface area contributed by atoms with E-state index in [2.05, 4.69) is 11.1 Å². The SMILES string of the molecule is CCCCCCCCCOS(=O)(=O)[O-].[Na+]. The molecule has 0 bridgehead atoms. The van der Waals surface area contributed by atoms with Crippen LogP contribution in [0.4, 0.5) is 0 Å². The summed E-state index contributed by atoms with van der Waals surface area (Å²) < 4.78 is 34.2. The summed E-state index contributed by atoms with van der Waals surface area (Å²) in [6, 6.07) is 0. The predicted molar refractivity (Wildman–Crippen MR) is 53.6 cm³/mol. The van der Waals surface area contributed by atoms with Crippen LogP contribution in [0.2, 0.25) is 0 Å². The zero-order chi connectivity index (χ0) is 10.9. The van der Waals surface area contributed by atoms with Crippen molar-refractivity contribution in [3.63, 3.8) is 0 Å². The summed E-state index contributed by atoms with van der Waals surface area (Å²) in [7, 11) is -4.48. The largest absolute Gasteiger partial charge is 1.00 e. The van der Waals surface area contributed by atoms with Crippen molar-refractivity contribution in [3.05, 3.63) is 0 Å². The Labute approximate surface area is 115 Å². The molecule has 15 heavy (non-hydrogen) atoms. The topological polar surface area (TPSA) is 66.4 Å². The fraction of sp³-hybridized carbons (Fsp3) is 1.00. The minimum Gasteiger partial charge on any atom is -0.726 e. The van der Waals surface area contributed by atoms with Crippen molar-refractivity contribution in [1.82, 2.24) is 0 Å². The van der Waals surface area contributed by atoms with E-state index in [9.17, 15) is 13.0 Å². The Kier molecular flexibility index (Phi) is 13.8. The predicted octanol–water partition coefficient (Wildman–Crippen LogP) is -0.782. The van der Waals surface area contributed by atoms with Gasteiger partial charge in [0.05, 0.1) is 6.61 Å². The van der Waals surface area contributed by atoms with Crippen LogP contribution in [0.1, 0.15) is 51.9 Å². The molecule has 0 radical (unpaired) electrons. The Bertz CT molecular complexity index is 216. The van der Waals surface area contributed by atoms with E-state index >= 15 is 0 Å². The molecule has 0 rings (SSSR count). The zero-order valence-corrected chi connectivity index (χ0v) is 12.5. The van der Waals surface area contributed by atoms with Crippen LogP contribution >= 0.6 is 0 Å². The van der Waals surface area contributed by atoms with Gasteiger partial charge in [0.1, 0.15) is 0 Å². The van der Waals surface area contributed by atoms with Gasteiger partial charge in [0.15, 0.2) is 0 Å². The maximum absolute atomic E-state index is 10.0. The molecule has 0 aliphatic carbocycles. The summed E-state index contributed by atoms with van der Waals surface area (Å²) in [4.78, 5) is 0. The zero-order valence-electron chi connectivity index (χ0n) is 9.70. The van der Waals surface area contributed by atoms with E-state index < -0.39 is 10.4 Å². The molecule has 0 unspecified atom stereocenters. The molecular formula is C9H19NaO4S. The average molecular weight is 246 g/mol. The number of unbranched alkanes of at least 4 members (excludes halogenated alkanes) is 6. The van der Waals surface area contributed by atoms with Gasteiger partial charge >= 0.3 is 29.6 Å². The smallest absolute Gasteiger partial charge is 0.726 e. The molecule has 4 nitrogen and oxygen atoms in total. The van der Waals surface area contributed by atoms with Gasteiger partial charge in [0, 0.05) is 0 Å². The Morgan fingerprint density at radius 2 is 1.47 bits per heavy atom. The molecule has 0 aromatic rings. The Hall–Kier alpha value is 0.870.